The Hall–Kier alpha value is -4.10. The number of hydrogen-bond donors (Lipinski definition) is 1. The quantitative estimate of drug-likeness (QED) is 0.418. The fourth-order valence-corrected chi connectivity index (χ4v) is 3.70. The first-order valence-corrected chi connectivity index (χ1v) is 10.8. The minimum Gasteiger partial charge on any atom is -0.497 e. The van der Waals surface area contributed by atoms with Crippen LogP contribution in [0.1, 0.15) is 16.1 Å². The van der Waals surface area contributed by atoms with Crippen molar-refractivity contribution in [1.29, 1.82) is 0 Å². The maximum Gasteiger partial charge on any atom is 0.256 e. The highest BCUT2D eigenvalue weighted by Crippen LogP contribution is 2.30. The highest BCUT2D eigenvalue weighted by molar-refractivity contribution is 6.30. The molecule has 0 saturated heterocycles. The number of benzene rings is 3. The summed E-state index contributed by atoms with van der Waals surface area (Å²) in [5.41, 5.74) is 1.80. The second kappa shape index (κ2) is 9.80. The van der Waals surface area contributed by atoms with Gasteiger partial charge in [0.05, 0.1) is 25.5 Å². The summed E-state index contributed by atoms with van der Waals surface area (Å²) >= 11 is 6.23. The summed E-state index contributed by atoms with van der Waals surface area (Å²) in [6, 6.07) is 20.7. The van der Waals surface area contributed by atoms with E-state index in [1.165, 1.54) is 4.68 Å². The summed E-state index contributed by atoms with van der Waals surface area (Å²) < 4.78 is 12.0. The van der Waals surface area contributed by atoms with Crippen LogP contribution < -0.4 is 20.2 Å². The number of aryl methyl sites for hydroxylation is 1. The lowest BCUT2D eigenvalue weighted by Gasteiger charge is -2.19. The van der Waals surface area contributed by atoms with Crippen LogP contribution in [0.4, 0.5) is 5.82 Å². The van der Waals surface area contributed by atoms with Gasteiger partial charge in [-0.25, -0.2) is 4.68 Å². The van der Waals surface area contributed by atoms with Crippen molar-refractivity contribution in [3.63, 3.8) is 0 Å². The molecule has 0 saturated carbocycles. The minimum atomic E-state index is -0.410. The SMILES string of the molecule is COc1ccc(C(=O)Nc2c(-c3cccc(OC)c3)c(=O)c(C)nn2-c2cccc(Cl)c2)cc1. The molecule has 0 spiro atoms. The Morgan fingerprint density at radius 1 is 0.941 bits per heavy atom. The Morgan fingerprint density at radius 3 is 2.32 bits per heavy atom. The van der Waals surface area contributed by atoms with E-state index in [0.717, 1.165) is 0 Å². The Labute approximate surface area is 201 Å². The molecule has 0 aliphatic rings. The van der Waals surface area contributed by atoms with Crippen molar-refractivity contribution in [3.8, 4) is 28.3 Å². The molecular formula is C26H22ClN3O4. The predicted molar refractivity (Wildman–Crippen MR) is 133 cm³/mol. The van der Waals surface area contributed by atoms with Crippen LogP contribution in [-0.4, -0.2) is 29.9 Å². The Kier molecular flexibility index (Phi) is 6.65. The monoisotopic (exact) mass is 475 g/mol. The standard InChI is InChI=1S/C26H22ClN3O4/c1-16-24(31)23(18-6-4-9-22(14-18)34-3)25(30(29-16)20-8-5-7-19(27)15-20)28-26(32)17-10-12-21(33-2)13-11-17/h4-15H,1-3H3,(H,28,32). The van der Waals surface area contributed by atoms with Crippen LogP contribution in [0.5, 0.6) is 11.5 Å². The van der Waals surface area contributed by atoms with E-state index in [4.69, 9.17) is 21.1 Å². The summed E-state index contributed by atoms with van der Waals surface area (Å²) in [7, 11) is 3.10. The molecule has 0 atom stereocenters. The number of carbonyl (C=O) groups is 1. The Balaban J connectivity index is 1.94. The second-order valence-corrected chi connectivity index (χ2v) is 7.88. The van der Waals surface area contributed by atoms with E-state index in [0.29, 0.717) is 33.3 Å². The molecule has 1 aromatic heterocycles. The van der Waals surface area contributed by atoms with E-state index in [-0.39, 0.29) is 22.5 Å². The van der Waals surface area contributed by atoms with Gasteiger partial charge in [0.1, 0.15) is 23.0 Å². The average molecular weight is 476 g/mol. The third-order valence-electron chi connectivity index (χ3n) is 5.25. The van der Waals surface area contributed by atoms with E-state index in [1.807, 2.05) is 0 Å². The molecule has 7 nitrogen and oxygen atoms in total. The van der Waals surface area contributed by atoms with Gasteiger partial charge in [0.2, 0.25) is 5.43 Å². The summed E-state index contributed by atoms with van der Waals surface area (Å²) in [6.45, 7) is 1.63. The van der Waals surface area contributed by atoms with Gasteiger partial charge in [-0.2, -0.15) is 5.10 Å². The van der Waals surface area contributed by atoms with Crippen molar-refractivity contribution in [2.75, 3.05) is 19.5 Å². The number of rotatable bonds is 6. The number of nitrogens with zero attached hydrogens (tertiary/aromatic N) is 2. The van der Waals surface area contributed by atoms with Crippen LogP contribution in [0.15, 0.2) is 77.6 Å². The van der Waals surface area contributed by atoms with E-state index in [1.54, 1.807) is 93.9 Å². The van der Waals surface area contributed by atoms with Gasteiger partial charge in [-0.3, -0.25) is 9.59 Å². The van der Waals surface area contributed by atoms with Crippen LogP contribution in [0.3, 0.4) is 0 Å². The molecule has 0 unspecified atom stereocenters. The minimum absolute atomic E-state index is 0.215. The van der Waals surface area contributed by atoms with Crippen LogP contribution in [0.25, 0.3) is 16.8 Å². The van der Waals surface area contributed by atoms with Gasteiger partial charge in [0.25, 0.3) is 5.91 Å². The molecular weight excluding hydrogens is 454 g/mol. The lowest BCUT2D eigenvalue weighted by Crippen LogP contribution is -2.25. The number of ether oxygens (including phenoxy) is 2. The van der Waals surface area contributed by atoms with Crippen molar-refractivity contribution in [2.45, 2.75) is 6.92 Å². The first-order valence-electron chi connectivity index (χ1n) is 10.4. The van der Waals surface area contributed by atoms with Gasteiger partial charge >= 0.3 is 0 Å². The molecule has 0 radical (unpaired) electrons. The molecule has 1 amide bonds. The van der Waals surface area contributed by atoms with Crippen molar-refractivity contribution < 1.29 is 14.3 Å². The number of anilines is 1. The molecule has 0 aliphatic carbocycles. The topological polar surface area (TPSA) is 82.4 Å². The first-order chi connectivity index (χ1) is 16.4. The average Bonchev–Trinajstić information content (AvgIpc) is 2.86. The fourth-order valence-electron chi connectivity index (χ4n) is 3.52. The lowest BCUT2D eigenvalue weighted by atomic mass is 10.0. The van der Waals surface area contributed by atoms with Crippen molar-refractivity contribution in [2.24, 2.45) is 0 Å². The van der Waals surface area contributed by atoms with E-state index >= 15 is 0 Å². The molecule has 4 aromatic rings. The van der Waals surface area contributed by atoms with E-state index in [2.05, 4.69) is 10.4 Å². The zero-order chi connectivity index (χ0) is 24.2. The molecule has 0 aliphatic heterocycles. The summed E-state index contributed by atoms with van der Waals surface area (Å²) in [6.07, 6.45) is 0. The van der Waals surface area contributed by atoms with Crippen molar-refractivity contribution >= 4 is 23.3 Å². The maximum atomic E-state index is 13.3. The summed E-state index contributed by atoms with van der Waals surface area (Å²) in [5.74, 6) is 1.01. The van der Waals surface area contributed by atoms with Gasteiger partial charge in [0.15, 0.2) is 0 Å². The zero-order valence-corrected chi connectivity index (χ0v) is 19.6. The molecule has 172 valence electrons. The predicted octanol–water partition coefficient (Wildman–Crippen LogP) is 5.13. The van der Waals surface area contributed by atoms with Crippen molar-refractivity contribution in [3.05, 3.63) is 99.3 Å². The molecule has 4 rings (SSSR count). The second-order valence-electron chi connectivity index (χ2n) is 7.44. The normalized spacial score (nSPS) is 10.6. The maximum absolute atomic E-state index is 13.3. The summed E-state index contributed by atoms with van der Waals surface area (Å²) in [5, 5.41) is 7.85. The Bertz CT molecular complexity index is 1410. The van der Waals surface area contributed by atoms with Crippen LogP contribution in [0.2, 0.25) is 5.02 Å². The third kappa shape index (κ3) is 4.65. The number of methoxy groups -OCH3 is 2. The molecule has 8 heteroatoms. The van der Waals surface area contributed by atoms with Crippen molar-refractivity contribution in [1.82, 2.24) is 9.78 Å². The van der Waals surface area contributed by atoms with Gasteiger partial charge in [-0.05, 0) is 67.1 Å². The number of halogens is 1. The summed E-state index contributed by atoms with van der Waals surface area (Å²) in [4.78, 5) is 26.6. The highest BCUT2D eigenvalue weighted by atomic mass is 35.5. The molecule has 0 bridgehead atoms. The van der Waals surface area contributed by atoms with E-state index < -0.39 is 5.91 Å². The third-order valence-corrected chi connectivity index (χ3v) is 5.48. The zero-order valence-electron chi connectivity index (χ0n) is 18.8. The first kappa shape index (κ1) is 23.1. The molecule has 34 heavy (non-hydrogen) atoms. The van der Waals surface area contributed by atoms with Crippen LogP contribution in [0, 0.1) is 6.92 Å². The van der Waals surface area contributed by atoms with Gasteiger partial charge in [-0.15, -0.1) is 0 Å². The fraction of sp³-hybridized carbons (Fsp3) is 0.115. The largest absolute Gasteiger partial charge is 0.497 e. The number of amides is 1. The van der Waals surface area contributed by atoms with Gasteiger partial charge in [-0.1, -0.05) is 29.8 Å². The van der Waals surface area contributed by atoms with Gasteiger partial charge < -0.3 is 14.8 Å². The number of hydrogen-bond acceptors (Lipinski definition) is 5. The molecule has 1 heterocycles. The van der Waals surface area contributed by atoms with Gasteiger partial charge in [0, 0.05) is 10.6 Å². The highest BCUT2D eigenvalue weighted by Gasteiger charge is 2.21. The van der Waals surface area contributed by atoms with E-state index in [9.17, 15) is 9.59 Å². The molecule has 0 fully saturated rings. The molecule has 1 N–H and O–H groups in total. The van der Waals surface area contributed by atoms with Crippen LogP contribution in [-0.2, 0) is 0 Å². The molecule has 3 aromatic carbocycles. The number of nitrogens with one attached hydrogen (secondary N) is 1. The number of aromatic nitrogens is 2. The number of carbonyl (C=O) groups excluding carboxylic acids is 1. The Morgan fingerprint density at radius 2 is 1.65 bits per heavy atom. The lowest BCUT2D eigenvalue weighted by molar-refractivity contribution is 0.102. The van der Waals surface area contributed by atoms with Crippen LogP contribution >= 0.6 is 11.6 Å². The smallest absolute Gasteiger partial charge is 0.256 e.